The van der Waals surface area contributed by atoms with Gasteiger partial charge < -0.3 is 19.9 Å². The van der Waals surface area contributed by atoms with E-state index in [4.69, 9.17) is 23.2 Å². The molecule has 2 aromatic carbocycles. The molecule has 0 aliphatic carbocycles. The van der Waals surface area contributed by atoms with Crippen LogP contribution in [0.15, 0.2) is 42.5 Å². The van der Waals surface area contributed by atoms with Gasteiger partial charge in [-0.15, -0.1) is 0 Å². The van der Waals surface area contributed by atoms with Gasteiger partial charge in [0, 0.05) is 27.7 Å². The molecule has 116 valence electrons. The lowest BCUT2D eigenvalue weighted by Gasteiger charge is -2.11. The summed E-state index contributed by atoms with van der Waals surface area (Å²) in [6.07, 6.45) is 0. The van der Waals surface area contributed by atoms with Crippen LogP contribution in [0.2, 0.25) is 10.0 Å². The first kappa shape index (κ1) is 16.6. The molecule has 0 heterocycles. The molecule has 2 rings (SSSR count). The third kappa shape index (κ3) is 4.88. The molecule has 0 bridgehead atoms. The van der Waals surface area contributed by atoms with Crippen LogP contribution >= 0.6 is 23.2 Å². The molecule has 2 amide bonds. The van der Waals surface area contributed by atoms with E-state index in [2.05, 4.69) is 15.4 Å². The van der Waals surface area contributed by atoms with E-state index in [0.29, 0.717) is 27.1 Å². The molecule has 1 unspecified atom stereocenters. The van der Waals surface area contributed by atoms with Gasteiger partial charge in [-0.1, -0.05) is 23.2 Å². The summed E-state index contributed by atoms with van der Waals surface area (Å²) in [7, 11) is 0. The van der Waals surface area contributed by atoms with E-state index in [1.54, 1.807) is 24.3 Å². The Balaban J connectivity index is 1.99. The van der Waals surface area contributed by atoms with Crippen molar-refractivity contribution in [3.8, 4) is 0 Å². The van der Waals surface area contributed by atoms with Crippen LogP contribution in [-0.4, -0.2) is 14.8 Å². The van der Waals surface area contributed by atoms with Crippen molar-refractivity contribution in [3.05, 3.63) is 52.5 Å². The van der Waals surface area contributed by atoms with Crippen LogP contribution < -0.4 is 15.4 Å². The maximum Gasteiger partial charge on any atom is 0.323 e. The van der Waals surface area contributed by atoms with E-state index in [1.165, 1.54) is 18.2 Å². The van der Waals surface area contributed by atoms with Gasteiger partial charge in [-0.2, -0.15) is 0 Å². The number of benzene rings is 2. The smallest absolute Gasteiger partial charge is 0.323 e. The zero-order valence-electron chi connectivity index (χ0n) is 10.9. The number of hydrogen-bond acceptors (Lipinski definition) is 3. The zero-order valence-corrected chi connectivity index (χ0v) is 13.3. The summed E-state index contributed by atoms with van der Waals surface area (Å²) in [6, 6.07) is 10.3. The average molecular weight is 359 g/mol. The molecule has 0 saturated heterocycles. The second-order valence-corrected chi connectivity index (χ2v) is 5.63. The fourth-order valence-corrected chi connectivity index (χ4v) is 2.26. The Hall–Kier alpha value is -1.80. The molecule has 0 aromatic heterocycles. The molecule has 6 nitrogen and oxygen atoms in total. The van der Waals surface area contributed by atoms with Crippen molar-refractivity contribution in [2.24, 2.45) is 0 Å². The first-order valence-corrected chi connectivity index (χ1v) is 7.76. The van der Waals surface area contributed by atoms with E-state index in [-0.39, 0.29) is 0 Å². The standard InChI is InChI=1S/C13H11Cl2N3O3S/c14-8-1-6-11(15)12(7-8)17-13(19)16-9-2-4-10(5-3-9)18-22(20)21/h1-7,18H,(H,20,21)(H2,16,17,19)/p-1. The molecular formula is C13H10Cl2N3O3S-. The highest BCUT2D eigenvalue weighted by Gasteiger charge is 2.06. The Kier molecular flexibility index (Phi) is 5.62. The van der Waals surface area contributed by atoms with Crippen molar-refractivity contribution >= 4 is 57.6 Å². The fourth-order valence-electron chi connectivity index (χ4n) is 1.60. The van der Waals surface area contributed by atoms with Crippen LogP contribution in [0, 0.1) is 0 Å². The summed E-state index contributed by atoms with van der Waals surface area (Å²) in [6.45, 7) is 0. The van der Waals surface area contributed by atoms with E-state index in [9.17, 15) is 13.6 Å². The van der Waals surface area contributed by atoms with Gasteiger partial charge in [0.05, 0.1) is 10.7 Å². The van der Waals surface area contributed by atoms with Crippen LogP contribution in [0.3, 0.4) is 0 Å². The monoisotopic (exact) mass is 358 g/mol. The van der Waals surface area contributed by atoms with Gasteiger partial charge in [0.25, 0.3) is 0 Å². The van der Waals surface area contributed by atoms with Gasteiger partial charge in [-0.25, -0.2) is 4.79 Å². The number of halogens is 2. The van der Waals surface area contributed by atoms with Gasteiger partial charge in [-0.3, -0.25) is 4.21 Å². The fraction of sp³-hybridized carbons (Fsp3) is 0. The van der Waals surface area contributed by atoms with Crippen molar-refractivity contribution in [2.45, 2.75) is 0 Å². The van der Waals surface area contributed by atoms with Crippen molar-refractivity contribution in [1.82, 2.24) is 0 Å². The SMILES string of the molecule is O=C(Nc1ccc(NS(=O)[O-])cc1)Nc1cc(Cl)ccc1Cl. The minimum Gasteiger partial charge on any atom is -0.755 e. The zero-order chi connectivity index (χ0) is 16.1. The van der Waals surface area contributed by atoms with Gasteiger partial charge in [0.1, 0.15) is 0 Å². The first-order chi connectivity index (χ1) is 10.4. The molecule has 0 spiro atoms. The average Bonchev–Trinajstić information content (AvgIpc) is 2.44. The van der Waals surface area contributed by atoms with Gasteiger partial charge in [0.2, 0.25) is 0 Å². The lowest BCUT2D eigenvalue weighted by molar-refractivity contribution is 0.262. The molecule has 2 aromatic rings. The van der Waals surface area contributed by atoms with Gasteiger partial charge >= 0.3 is 6.03 Å². The van der Waals surface area contributed by atoms with Crippen LogP contribution in [0.1, 0.15) is 0 Å². The van der Waals surface area contributed by atoms with Crippen LogP contribution in [0.25, 0.3) is 0 Å². The summed E-state index contributed by atoms with van der Waals surface area (Å²) in [4.78, 5) is 11.9. The molecule has 3 N–H and O–H groups in total. The lowest BCUT2D eigenvalue weighted by atomic mass is 10.3. The van der Waals surface area contributed by atoms with E-state index < -0.39 is 17.3 Å². The number of amides is 2. The maximum absolute atomic E-state index is 11.9. The molecule has 0 radical (unpaired) electrons. The normalized spacial score (nSPS) is 11.6. The molecule has 0 aliphatic rings. The van der Waals surface area contributed by atoms with Crippen molar-refractivity contribution in [3.63, 3.8) is 0 Å². The Morgan fingerprint density at radius 1 is 1.00 bits per heavy atom. The lowest BCUT2D eigenvalue weighted by Crippen LogP contribution is -2.19. The number of hydrogen-bond donors (Lipinski definition) is 3. The molecular weight excluding hydrogens is 349 g/mol. The number of anilines is 3. The summed E-state index contributed by atoms with van der Waals surface area (Å²) in [5, 5.41) is 5.95. The predicted molar refractivity (Wildman–Crippen MR) is 88.1 cm³/mol. The number of rotatable bonds is 4. The van der Waals surface area contributed by atoms with E-state index in [1.807, 2.05) is 0 Å². The van der Waals surface area contributed by atoms with Crippen LogP contribution in [0.5, 0.6) is 0 Å². The Labute approximate surface area is 139 Å². The van der Waals surface area contributed by atoms with Gasteiger partial charge in [0.15, 0.2) is 0 Å². The molecule has 1 atom stereocenters. The maximum atomic E-state index is 11.9. The third-order valence-corrected chi connectivity index (χ3v) is 3.49. The minimum atomic E-state index is -2.39. The molecule has 0 saturated carbocycles. The quantitative estimate of drug-likeness (QED) is 0.724. The Morgan fingerprint density at radius 2 is 1.64 bits per heavy atom. The highest BCUT2D eigenvalue weighted by molar-refractivity contribution is 7.80. The minimum absolute atomic E-state index is 0.358. The Bertz CT molecular complexity index is 710. The number of urea groups is 1. The molecule has 9 heteroatoms. The summed E-state index contributed by atoms with van der Waals surface area (Å²) >= 11 is 9.38. The highest BCUT2D eigenvalue weighted by Crippen LogP contribution is 2.25. The number of carbonyl (C=O) groups is 1. The molecule has 22 heavy (non-hydrogen) atoms. The molecule has 0 fully saturated rings. The third-order valence-electron chi connectivity index (χ3n) is 2.52. The van der Waals surface area contributed by atoms with Crippen molar-refractivity contribution < 1.29 is 13.6 Å². The number of carbonyl (C=O) groups excluding carboxylic acids is 1. The second-order valence-electron chi connectivity index (χ2n) is 4.12. The predicted octanol–water partition coefficient (Wildman–Crippen LogP) is 3.84. The van der Waals surface area contributed by atoms with E-state index >= 15 is 0 Å². The van der Waals surface area contributed by atoms with Crippen LogP contribution in [0.4, 0.5) is 21.9 Å². The number of nitrogens with one attached hydrogen (secondary N) is 3. The topological polar surface area (TPSA) is 93.3 Å². The highest BCUT2D eigenvalue weighted by atomic mass is 35.5. The Morgan fingerprint density at radius 3 is 2.27 bits per heavy atom. The second kappa shape index (κ2) is 7.46. The van der Waals surface area contributed by atoms with Crippen molar-refractivity contribution in [1.29, 1.82) is 0 Å². The van der Waals surface area contributed by atoms with Crippen molar-refractivity contribution in [2.75, 3.05) is 15.4 Å². The summed E-state index contributed by atoms with van der Waals surface area (Å²) in [5.41, 5.74) is 1.25. The largest absolute Gasteiger partial charge is 0.755 e. The summed E-state index contributed by atoms with van der Waals surface area (Å²) < 4.78 is 23.2. The molecule has 0 aliphatic heterocycles. The van der Waals surface area contributed by atoms with Crippen LogP contribution in [-0.2, 0) is 11.3 Å². The van der Waals surface area contributed by atoms with Gasteiger partial charge in [-0.05, 0) is 42.5 Å². The first-order valence-electron chi connectivity index (χ1n) is 5.93. The summed E-state index contributed by atoms with van der Waals surface area (Å²) in [5.74, 6) is 0. The van der Waals surface area contributed by atoms with E-state index in [0.717, 1.165) is 0 Å².